The Kier molecular flexibility index (Phi) is 6.99. The van der Waals surface area contributed by atoms with Crippen LogP contribution >= 0.6 is 0 Å². The third-order valence-corrected chi connectivity index (χ3v) is 7.53. The quantitative estimate of drug-likeness (QED) is 0.389. The van der Waals surface area contributed by atoms with E-state index in [1.165, 1.54) is 12.7 Å². The summed E-state index contributed by atoms with van der Waals surface area (Å²) in [5, 5.41) is 11.4. The van der Waals surface area contributed by atoms with Gasteiger partial charge in [0.1, 0.15) is 17.5 Å². The van der Waals surface area contributed by atoms with Crippen LogP contribution in [0.15, 0.2) is 42.6 Å². The van der Waals surface area contributed by atoms with Crippen LogP contribution in [0.2, 0.25) is 0 Å². The lowest BCUT2D eigenvalue weighted by molar-refractivity contribution is 0.0488. The smallest absolute Gasteiger partial charge is 0.419 e. The minimum Gasteiger partial charge on any atom is -0.489 e. The lowest BCUT2D eigenvalue weighted by Crippen LogP contribution is -2.34. The Morgan fingerprint density at radius 2 is 1.74 bits per heavy atom. The first-order valence-corrected chi connectivity index (χ1v) is 13.5. The molecule has 1 aromatic heterocycles. The number of aromatic nitrogens is 1. The van der Waals surface area contributed by atoms with Crippen LogP contribution in [0.5, 0.6) is 5.75 Å². The Bertz CT molecular complexity index is 1350. The van der Waals surface area contributed by atoms with Crippen molar-refractivity contribution in [1.29, 1.82) is 0 Å². The molecule has 0 spiro atoms. The topological polar surface area (TPSA) is 87.0 Å². The molecule has 2 saturated carbocycles. The average molecular weight is 520 g/mol. The summed E-state index contributed by atoms with van der Waals surface area (Å²) in [5.41, 5.74) is 3.90. The third-order valence-electron chi connectivity index (χ3n) is 7.53. The van der Waals surface area contributed by atoms with E-state index in [4.69, 9.17) is 14.2 Å². The van der Waals surface area contributed by atoms with Gasteiger partial charge in [-0.15, -0.1) is 0 Å². The fraction of sp³-hybridized carbons (Fsp3) is 0.484. The third kappa shape index (κ3) is 5.30. The zero-order valence-corrected chi connectivity index (χ0v) is 22.8. The predicted octanol–water partition coefficient (Wildman–Crippen LogP) is 6.47. The van der Waals surface area contributed by atoms with Crippen LogP contribution in [0.3, 0.4) is 0 Å². The van der Waals surface area contributed by atoms with Gasteiger partial charge in [0.05, 0.1) is 24.3 Å². The number of hydrogen-bond donors (Lipinski definition) is 1. The molecule has 3 aromatic rings. The molecule has 202 valence electrons. The molecule has 0 aliphatic heterocycles. The number of methoxy groups -OCH3 is 1. The number of esters is 1. The maximum absolute atomic E-state index is 13.0. The van der Waals surface area contributed by atoms with Crippen molar-refractivity contribution in [3.63, 3.8) is 0 Å². The van der Waals surface area contributed by atoms with Crippen molar-refractivity contribution in [3.8, 4) is 5.75 Å². The van der Waals surface area contributed by atoms with Crippen molar-refractivity contribution < 1.29 is 28.9 Å². The molecule has 38 heavy (non-hydrogen) atoms. The van der Waals surface area contributed by atoms with Crippen molar-refractivity contribution in [2.75, 3.05) is 7.11 Å². The number of nitrogens with zero attached hydrogens (tertiary/aromatic N) is 1. The number of aliphatic hydroxyl groups excluding tert-OH is 1. The number of carbonyl (C=O) groups excluding carboxylic acids is 2. The van der Waals surface area contributed by atoms with Crippen LogP contribution in [0.4, 0.5) is 4.79 Å². The highest BCUT2D eigenvalue weighted by molar-refractivity contribution is 5.96. The Labute approximate surface area is 223 Å². The molecule has 7 nitrogen and oxygen atoms in total. The molecule has 0 radical (unpaired) electrons. The van der Waals surface area contributed by atoms with Gasteiger partial charge >= 0.3 is 12.1 Å². The Morgan fingerprint density at radius 1 is 1.03 bits per heavy atom. The SMILES string of the molecule is COC(=O)c1ccc([C@@H]2C[C@@H](O)CC[C@H]2Oc2c(C3CC3)cc(C)c3c2ccn3C(=O)OC(C)(C)C)cc1. The van der Waals surface area contributed by atoms with Gasteiger partial charge in [-0.2, -0.15) is 0 Å². The second kappa shape index (κ2) is 10.1. The van der Waals surface area contributed by atoms with E-state index in [2.05, 4.69) is 6.07 Å². The van der Waals surface area contributed by atoms with Gasteiger partial charge in [0.25, 0.3) is 0 Å². The van der Waals surface area contributed by atoms with Crippen LogP contribution < -0.4 is 4.74 Å². The Hall–Kier alpha value is -3.32. The highest BCUT2D eigenvalue weighted by atomic mass is 16.6. The monoisotopic (exact) mass is 519 g/mol. The largest absolute Gasteiger partial charge is 0.489 e. The summed E-state index contributed by atoms with van der Waals surface area (Å²) >= 11 is 0. The summed E-state index contributed by atoms with van der Waals surface area (Å²) in [6.45, 7) is 7.61. The van der Waals surface area contributed by atoms with Gasteiger partial charge in [-0.1, -0.05) is 12.1 Å². The molecule has 0 bridgehead atoms. The molecule has 0 saturated heterocycles. The highest BCUT2D eigenvalue weighted by Crippen LogP contribution is 2.49. The molecule has 5 rings (SSSR count). The Balaban J connectivity index is 1.52. The fourth-order valence-electron chi connectivity index (χ4n) is 5.58. The van der Waals surface area contributed by atoms with E-state index < -0.39 is 17.8 Å². The summed E-state index contributed by atoms with van der Waals surface area (Å²) in [6, 6.07) is 11.5. The highest BCUT2D eigenvalue weighted by Gasteiger charge is 2.36. The summed E-state index contributed by atoms with van der Waals surface area (Å²) < 4.78 is 19.0. The number of carbonyl (C=O) groups is 2. The molecule has 2 aliphatic carbocycles. The van der Waals surface area contributed by atoms with E-state index in [1.807, 2.05) is 45.9 Å². The number of hydrogen-bond acceptors (Lipinski definition) is 6. The van der Waals surface area contributed by atoms with Gasteiger partial charge in [0, 0.05) is 17.5 Å². The van der Waals surface area contributed by atoms with Gasteiger partial charge in [0.15, 0.2) is 0 Å². The lowest BCUT2D eigenvalue weighted by Gasteiger charge is -2.35. The van der Waals surface area contributed by atoms with E-state index in [-0.39, 0.29) is 18.0 Å². The van der Waals surface area contributed by atoms with Gasteiger partial charge in [-0.25, -0.2) is 9.59 Å². The summed E-state index contributed by atoms with van der Waals surface area (Å²) in [4.78, 5) is 25.0. The van der Waals surface area contributed by atoms with Crippen molar-refractivity contribution in [2.45, 2.75) is 89.4 Å². The number of rotatable bonds is 5. The van der Waals surface area contributed by atoms with Crippen molar-refractivity contribution in [1.82, 2.24) is 4.57 Å². The summed E-state index contributed by atoms with van der Waals surface area (Å²) in [5.74, 6) is 0.860. The molecular formula is C31H37NO6. The lowest BCUT2D eigenvalue weighted by atomic mass is 9.80. The van der Waals surface area contributed by atoms with Crippen LogP contribution in [0, 0.1) is 6.92 Å². The van der Waals surface area contributed by atoms with Crippen molar-refractivity contribution in [3.05, 3.63) is 64.8 Å². The second-order valence-corrected chi connectivity index (χ2v) is 11.7. The molecule has 2 aromatic carbocycles. The van der Waals surface area contributed by atoms with Crippen molar-refractivity contribution >= 4 is 23.0 Å². The number of benzene rings is 2. The molecule has 1 heterocycles. The van der Waals surface area contributed by atoms with Gasteiger partial charge in [-0.3, -0.25) is 4.57 Å². The zero-order chi connectivity index (χ0) is 27.2. The number of aryl methyl sites for hydroxylation is 1. The first-order chi connectivity index (χ1) is 18.1. The zero-order valence-electron chi connectivity index (χ0n) is 22.8. The van der Waals surface area contributed by atoms with Gasteiger partial charge < -0.3 is 19.3 Å². The van der Waals surface area contributed by atoms with Crippen LogP contribution in [0.1, 0.15) is 91.8 Å². The first kappa shape index (κ1) is 26.3. The number of aliphatic hydroxyl groups is 1. The normalized spacial score (nSPS) is 21.8. The minimum atomic E-state index is -0.603. The summed E-state index contributed by atoms with van der Waals surface area (Å²) in [6.07, 6.45) is 4.98. The standard InChI is InChI=1S/C31H37NO6/c1-18-16-25(20-6-7-20)28(23-14-15-32(27(18)23)30(35)38-31(2,3)4)37-26-13-12-22(33)17-24(26)19-8-10-21(11-9-19)29(34)36-5/h8-11,14-16,20,22,24,26,33H,6-7,12-13,17H2,1-5H3/t22-,24-,26+/m0/s1. The van der Waals surface area contributed by atoms with E-state index in [0.29, 0.717) is 30.7 Å². The van der Waals surface area contributed by atoms with E-state index in [0.717, 1.165) is 40.6 Å². The molecule has 1 N–H and O–H groups in total. The average Bonchev–Trinajstić information content (AvgIpc) is 3.62. The van der Waals surface area contributed by atoms with Crippen LogP contribution in [-0.4, -0.2) is 46.7 Å². The fourth-order valence-corrected chi connectivity index (χ4v) is 5.58. The van der Waals surface area contributed by atoms with Gasteiger partial charge in [0.2, 0.25) is 0 Å². The molecule has 0 unspecified atom stereocenters. The number of ether oxygens (including phenoxy) is 3. The van der Waals surface area contributed by atoms with E-state index >= 15 is 0 Å². The van der Waals surface area contributed by atoms with Crippen molar-refractivity contribution in [2.24, 2.45) is 0 Å². The second-order valence-electron chi connectivity index (χ2n) is 11.7. The molecule has 3 atom stereocenters. The number of fused-ring (bicyclic) bond motifs is 1. The maximum Gasteiger partial charge on any atom is 0.419 e. The maximum atomic E-state index is 13.0. The van der Waals surface area contributed by atoms with E-state index in [9.17, 15) is 14.7 Å². The molecule has 0 amide bonds. The van der Waals surface area contributed by atoms with E-state index in [1.54, 1.807) is 22.9 Å². The molecule has 2 aliphatic rings. The molecular weight excluding hydrogens is 482 g/mol. The predicted molar refractivity (Wildman–Crippen MR) is 145 cm³/mol. The minimum absolute atomic E-state index is 0.0400. The summed E-state index contributed by atoms with van der Waals surface area (Å²) in [7, 11) is 1.37. The first-order valence-electron chi connectivity index (χ1n) is 13.5. The Morgan fingerprint density at radius 3 is 2.37 bits per heavy atom. The molecule has 2 fully saturated rings. The molecule has 7 heteroatoms. The van der Waals surface area contributed by atoms with Gasteiger partial charge in [-0.05, 0) is 107 Å². The van der Waals surface area contributed by atoms with Crippen LogP contribution in [-0.2, 0) is 9.47 Å². The van der Waals surface area contributed by atoms with Crippen LogP contribution in [0.25, 0.3) is 10.9 Å².